The van der Waals surface area contributed by atoms with E-state index in [-0.39, 0.29) is 18.4 Å². The van der Waals surface area contributed by atoms with Gasteiger partial charge in [-0.1, -0.05) is 18.2 Å². The fourth-order valence-corrected chi connectivity index (χ4v) is 5.01. The lowest BCUT2D eigenvalue weighted by atomic mass is 9.88. The van der Waals surface area contributed by atoms with Crippen molar-refractivity contribution in [2.24, 2.45) is 0 Å². The molecule has 3 nitrogen and oxygen atoms in total. The van der Waals surface area contributed by atoms with E-state index in [0.717, 1.165) is 48.9 Å². The highest BCUT2D eigenvalue weighted by molar-refractivity contribution is 5.76. The Labute approximate surface area is 157 Å². The molecule has 1 aliphatic heterocycles. The molecule has 0 spiro atoms. The quantitative estimate of drug-likeness (QED) is 0.739. The molecule has 2 aromatic rings. The third-order valence-electron chi connectivity index (χ3n) is 6.52. The van der Waals surface area contributed by atoms with Crippen molar-refractivity contribution in [3.63, 3.8) is 0 Å². The van der Waals surface area contributed by atoms with Crippen molar-refractivity contribution in [1.82, 2.24) is 9.88 Å². The van der Waals surface area contributed by atoms with Crippen molar-refractivity contribution >= 4 is 0 Å². The third-order valence-corrected chi connectivity index (χ3v) is 6.52. The molecule has 142 valence electrons. The number of benzene rings is 1. The number of halogens is 2. The van der Waals surface area contributed by atoms with Gasteiger partial charge in [-0.25, -0.2) is 8.78 Å². The van der Waals surface area contributed by atoms with Gasteiger partial charge in [0.2, 0.25) is 0 Å². The van der Waals surface area contributed by atoms with E-state index in [1.165, 1.54) is 22.3 Å². The second-order valence-corrected chi connectivity index (χ2v) is 8.22. The molecule has 3 aliphatic rings. The zero-order valence-corrected chi connectivity index (χ0v) is 15.4. The zero-order valence-electron chi connectivity index (χ0n) is 15.4. The van der Waals surface area contributed by atoms with Crippen molar-refractivity contribution in [2.45, 2.75) is 57.4 Å². The summed E-state index contributed by atoms with van der Waals surface area (Å²) in [5.41, 5.74) is 8.18. The van der Waals surface area contributed by atoms with Gasteiger partial charge >= 0.3 is 0 Å². The number of H-pyrrole nitrogens is 1. The minimum absolute atomic E-state index is 0.0525. The molecule has 0 bridgehead atoms. The zero-order chi connectivity index (χ0) is 18.6. The van der Waals surface area contributed by atoms with Gasteiger partial charge in [-0.3, -0.25) is 9.69 Å². The summed E-state index contributed by atoms with van der Waals surface area (Å²) >= 11 is 0. The van der Waals surface area contributed by atoms with Gasteiger partial charge in [0.1, 0.15) is 0 Å². The molecule has 1 aromatic carbocycles. The average molecular weight is 370 g/mol. The summed E-state index contributed by atoms with van der Waals surface area (Å²) in [6.07, 6.45) is 4.85. The van der Waals surface area contributed by atoms with E-state index in [1.807, 2.05) is 6.07 Å². The molecule has 5 heteroatoms. The molecule has 0 atom stereocenters. The fraction of sp³-hybridized carbons (Fsp3) is 0.500. The van der Waals surface area contributed by atoms with Gasteiger partial charge in [-0.15, -0.1) is 0 Å². The van der Waals surface area contributed by atoms with E-state index in [0.29, 0.717) is 19.6 Å². The Morgan fingerprint density at radius 2 is 1.74 bits per heavy atom. The molecular formula is C22H24F2N2O. The first-order chi connectivity index (χ1) is 13.0. The Balaban J connectivity index is 1.48. The predicted molar refractivity (Wildman–Crippen MR) is 101 cm³/mol. The van der Waals surface area contributed by atoms with Crippen LogP contribution < -0.4 is 5.56 Å². The van der Waals surface area contributed by atoms with Crippen molar-refractivity contribution < 1.29 is 8.78 Å². The maximum absolute atomic E-state index is 13.5. The van der Waals surface area contributed by atoms with E-state index < -0.39 is 5.92 Å². The second-order valence-electron chi connectivity index (χ2n) is 8.22. The number of hydrogen-bond donors (Lipinski definition) is 1. The van der Waals surface area contributed by atoms with Crippen LogP contribution in [0.25, 0.3) is 11.3 Å². The summed E-state index contributed by atoms with van der Waals surface area (Å²) in [7, 11) is 0. The third kappa shape index (κ3) is 2.92. The van der Waals surface area contributed by atoms with Gasteiger partial charge in [0, 0.05) is 50.0 Å². The Bertz CT molecular complexity index is 954. The molecule has 0 amide bonds. The normalized spacial score (nSPS) is 20.8. The molecule has 1 N–H and O–H groups in total. The van der Waals surface area contributed by atoms with Gasteiger partial charge < -0.3 is 4.98 Å². The summed E-state index contributed by atoms with van der Waals surface area (Å²) in [5, 5.41) is 0. The molecule has 1 fully saturated rings. The highest BCUT2D eigenvalue weighted by atomic mass is 19.3. The molecule has 2 aliphatic carbocycles. The largest absolute Gasteiger partial charge is 0.321 e. The Kier molecular flexibility index (Phi) is 3.97. The lowest BCUT2D eigenvalue weighted by Crippen LogP contribution is -2.38. The minimum Gasteiger partial charge on any atom is -0.321 e. The number of rotatable bonds is 2. The standard InChI is InChI=1S/C22H24F2N2O/c23-22(24)8-10-26(11-9-22)13-14-4-3-7-16-18(14)12-19-15-5-1-2-6-17(15)21(27)25-20(16)19/h3-4,7H,1-2,5-6,8-13H2,(H,25,27). The number of aromatic amines is 1. The van der Waals surface area contributed by atoms with Crippen molar-refractivity contribution in [3.05, 3.63) is 56.4 Å². The van der Waals surface area contributed by atoms with Crippen molar-refractivity contribution in [1.29, 1.82) is 0 Å². The van der Waals surface area contributed by atoms with E-state index in [2.05, 4.69) is 22.0 Å². The number of nitrogens with zero attached hydrogens (tertiary/aromatic N) is 1. The first-order valence-electron chi connectivity index (χ1n) is 10.00. The lowest BCUT2D eigenvalue weighted by molar-refractivity contribution is -0.0566. The number of fused-ring (bicyclic) bond motifs is 5. The van der Waals surface area contributed by atoms with E-state index in [1.54, 1.807) is 0 Å². The number of aromatic nitrogens is 1. The van der Waals surface area contributed by atoms with Gasteiger partial charge in [-0.05, 0) is 47.9 Å². The second kappa shape index (κ2) is 6.26. The van der Waals surface area contributed by atoms with Gasteiger partial charge in [0.05, 0.1) is 5.69 Å². The fourth-order valence-electron chi connectivity index (χ4n) is 5.01. The van der Waals surface area contributed by atoms with E-state index in [4.69, 9.17) is 0 Å². The predicted octanol–water partition coefficient (Wildman–Crippen LogP) is 4.06. The lowest BCUT2D eigenvalue weighted by Gasteiger charge is -2.32. The average Bonchev–Trinajstić information content (AvgIpc) is 3.04. The maximum atomic E-state index is 13.5. The highest BCUT2D eigenvalue weighted by Gasteiger charge is 2.34. The minimum atomic E-state index is -2.51. The number of likely N-dealkylation sites (tertiary alicyclic amines) is 1. The molecule has 5 rings (SSSR count). The number of pyridine rings is 1. The maximum Gasteiger partial charge on any atom is 0.251 e. The molecule has 0 unspecified atom stereocenters. The molecule has 0 radical (unpaired) electrons. The Morgan fingerprint density at radius 1 is 1.00 bits per heavy atom. The number of alkyl halides is 2. The monoisotopic (exact) mass is 370 g/mol. The van der Waals surface area contributed by atoms with Crippen molar-refractivity contribution in [3.8, 4) is 11.3 Å². The topological polar surface area (TPSA) is 36.1 Å². The van der Waals surface area contributed by atoms with Crippen LogP contribution in [-0.4, -0.2) is 28.9 Å². The number of hydrogen-bond acceptors (Lipinski definition) is 2. The van der Waals surface area contributed by atoms with Crippen LogP contribution in [0.5, 0.6) is 0 Å². The van der Waals surface area contributed by atoms with Crippen LogP contribution in [0.4, 0.5) is 8.78 Å². The summed E-state index contributed by atoms with van der Waals surface area (Å²) in [6.45, 7) is 1.59. The van der Waals surface area contributed by atoms with Crippen LogP contribution in [0.1, 0.15) is 53.5 Å². The summed E-state index contributed by atoms with van der Waals surface area (Å²) < 4.78 is 26.9. The van der Waals surface area contributed by atoms with Gasteiger partial charge in [-0.2, -0.15) is 0 Å². The molecule has 27 heavy (non-hydrogen) atoms. The van der Waals surface area contributed by atoms with Crippen molar-refractivity contribution in [2.75, 3.05) is 13.1 Å². The molecule has 2 heterocycles. The van der Waals surface area contributed by atoms with Crippen LogP contribution in [-0.2, 0) is 25.8 Å². The SMILES string of the molecule is O=c1[nH]c2c(c3c1CCCC3)Cc1c(CN3CCC(F)(F)CC3)cccc1-2. The molecule has 1 aromatic heterocycles. The van der Waals surface area contributed by atoms with Gasteiger partial charge in [0.15, 0.2) is 0 Å². The summed E-state index contributed by atoms with van der Waals surface area (Å²) in [4.78, 5) is 17.8. The smallest absolute Gasteiger partial charge is 0.251 e. The van der Waals surface area contributed by atoms with Crippen LogP contribution in [0.3, 0.4) is 0 Å². The summed E-state index contributed by atoms with van der Waals surface area (Å²) in [5.74, 6) is -2.51. The summed E-state index contributed by atoms with van der Waals surface area (Å²) in [6, 6.07) is 6.22. The molecular weight excluding hydrogens is 346 g/mol. The van der Waals surface area contributed by atoms with E-state index >= 15 is 0 Å². The van der Waals surface area contributed by atoms with Crippen LogP contribution in [0.15, 0.2) is 23.0 Å². The number of nitrogens with one attached hydrogen (secondary N) is 1. The van der Waals surface area contributed by atoms with Crippen LogP contribution in [0.2, 0.25) is 0 Å². The van der Waals surface area contributed by atoms with E-state index in [9.17, 15) is 13.6 Å². The first-order valence-corrected chi connectivity index (χ1v) is 10.00. The molecule has 0 saturated carbocycles. The van der Waals surface area contributed by atoms with Crippen LogP contribution >= 0.6 is 0 Å². The Morgan fingerprint density at radius 3 is 2.52 bits per heavy atom. The van der Waals surface area contributed by atoms with Gasteiger partial charge in [0.25, 0.3) is 11.5 Å². The molecule has 1 saturated heterocycles. The number of piperidine rings is 1. The first kappa shape index (κ1) is 17.1. The highest BCUT2D eigenvalue weighted by Crippen LogP contribution is 2.40. The van der Waals surface area contributed by atoms with Crippen LogP contribution in [0, 0.1) is 0 Å². The Hall–Kier alpha value is -2.01.